The van der Waals surface area contributed by atoms with Gasteiger partial charge in [-0.3, -0.25) is 0 Å². The lowest BCUT2D eigenvalue weighted by Gasteiger charge is -2.38. The molecule has 4 unspecified atom stereocenters. The number of hydrogen-bond acceptors (Lipinski definition) is 2. The van der Waals surface area contributed by atoms with Gasteiger partial charge in [-0.2, -0.15) is 0 Å². The van der Waals surface area contributed by atoms with E-state index < -0.39 is 0 Å². The van der Waals surface area contributed by atoms with Crippen LogP contribution in [0.1, 0.15) is 53.4 Å². The standard InChI is InChI=1S/C15H32N2/c1-6-13-7-8-15(16)14(9-13)10-17(5)12(4)11(2)3/h11-15H,6-10,16H2,1-5H3. The summed E-state index contributed by atoms with van der Waals surface area (Å²) in [4.78, 5) is 2.51. The van der Waals surface area contributed by atoms with Crippen LogP contribution in [0.15, 0.2) is 0 Å². The molecule has 0 bridgehead atoms. The van der Waals surface area contributed by atoms with E-state index in [0.29, 0.717) is 18.0 Å². The van der Waals surface area contributed by atoms with E-state index in [1.165, 1.54) is 32.2 Å². The van der Waals surface area contributed by atoms with Crippen molar-refractivity contribution in [2.75, 3.05) is 13.6 Å². The van der Waals surface area contributed by atoms with Gasteiger partial charge in [0.2, 0.25) is 0 Å². The highest BCUT2D eigenvalue weighted by molar-refractivity contribution is 4.84. The zero-order valence-electron chi connectivity index (χ0n) is 12.4. The van der Waals surface area contributed by atoms with Crippen LogP contribution in [0.2, 0.25) is 0 Å². The molecule has 1 rings (SSSR count). The Balaban J connectivity index is 2.48. The van der Waals surface area contributed by atoms with E-state index >= 15 is 0 Å². The van der Waals surface area contributed by atoms with Crippen molar-refractivity contribution in [2.45, 2.75) is 65.5 Å². The molecule has 0 saturated heterocycles. The van der Waals surface area contributed by atoms with Crippen LogP contribution in [0, 0.1) is 17.8 Å². The number of rotatable bonds is 5. The zero-order chi connectivity index (χ0) is 13.0. The Kier molecular flexibility index (Phi) is 5.94. The molecule has 2 N–H and O–H groups in total. The zero-order valence-corrected chi connectivity index (χ0v) is 12.4. The lowest BCUT2D eigenvalue weighted by Crippen LogP contribution is -2.45. The molecular formula is C15H32N2. The molecule has 1 fully saturated rings. The highest BCUT2D eigenvalue weighted by Gasteiger charge is 2.29. The van der Waals surface area contributed by atoms with E-state index in [4.69, 9.17) is 5.73 Å². The minimum atomic E-state index is 0.430. The van der Waals surface area contributed by atoms with Crippen LogP contribution in [0.4, 0.5) is 0 Å². The Morgan fingerprint density at radius 2 is 1.88 bits per heavy atom. The van der Waals surface area contributed by atoms with Crippen molar-refractivity contribution >= 4 is 0 Å². The minimum absolute atomic E-state index is 0.430. The smallest absolute Gasteiger partial charge is 0.00870 e. The fraction of sp³-hybridized carbons (Fsp3) is 1.00. The van der Waals surface area contributed by atoms with Crippen molar-refractivity contribution in [3.8, 4) is 0 Å². The Morgan fingerprint density at radius 1 is 1.24 bits per heavy atom. The third-order valence-corrected chi connectivity index (χ3v) is 4.91. The minimum Gasteiger partial charge on any atom is -0.327 e. The first-order valence-electron chi connectivity index (χ1n) is 7.41. The van der Waals surface area contributed by atoms with Crippen molar-refractivity contribution < 1.29 is 0 Å². The van der Waals surface area contributed by atoms with E-state index in [9.17, 15) is 0 Å². The normalized spacial score (nSPS) is 32.1. The summed E-state index contributed by atoms with van der Waals surface area (Å²) in [5.74, 6) is 2.35. The van der Waals surface area contributed by atoms with Crippen molar-refractivity contribution in [3.05, 3.63) is 0 Å². The highest BCUT2D eigenvalue weighted by Crippen LogP contribution is 2.31. The quantitative estimate of drug-likeness (QED) is 0.800. The summed E-state index contributed by atoms with van der Waals surface area (Å²) in [7, 11) is 2.26. The van der Waals surface area contributed by atoms with Gasteiger partial charge in [-0.1, -0.05) is 27.2 Å². The van der Waals surface area contributed by atoms with E-state index in [1.807, 2.05) is 0 Å². The fourth-order valence-corrected chi connectivity index (χ4v) is 3.01. The third-order valence-electron chi connectivity index (χ3n) is 4.91. The van der Waals surface area contributed by atoms with Gasteiger partial charge in [0.1, 0.15) is 0 Å². The van der Waals surface area contributed by atoms with Crippen molar-refractivity contribution in [1.29, 1.82) is 0 Å². The maximum Gasteiger partial charge on any atom is 0.00870 e. The third kappa shape index (κ3) is 4.26. The lowest BCUT2D eigenvalue weighted by molar-refractivity contribution is 0.130. The van der Waals surface area contributed by atoms with Gasteiger partial charge in [-0.05, 0) is 51.0 Å². The average Bonchev–Trinajstić information content (AvgIpc) is 2.30. The molecule has 2 nitrogen and oxygen atoms in total. The first-order chi connectivity index (χ1) is 7.95. The molecule has 1 aliphatic carbocycles. The second-order valence-electron chi connectivity index (χ2n) is 6.44. The Labute approximate surface area is 108 Å². The van der Waals surface area contributed by atoms with E-state index in [2.05, 4.69) is 39.6 Å². The van der Waals surface area contributed by atoms with Gasteiger partial charge in [0.05, 0.1) is 0 Å². The Hall–Kier alpha value is -0.0800. The van der Waals surface area contributed by atoms with Crippen LogP contribution in [-0.2, 0) is 0 Å². The largest absolute Gasteiger partial charge is 0.327 e. The topological polar surface area (TPSA) is 29.3 Å². The van der Waals surface area contributed by atoms with Crippen LogP contribution in [-0.4, -0.2) is 30.6 Å². The molecule has 0 heterocycles. The van der Waals surface area contributed by atoms with E-state index in [1.54, 1.807) is 0 Å². The van der Waals surface area contributed by atoms with Gasteiger partial charge in [-0.15, -0.1) is 0 Å². The molecule has 0 aromatic heterocycles. The van der Waals surface area contributed by atoms with Gasteiger partial charge in [0.25, 0.3) is 0 Å². The molecule has 1 saturated carbocycles. The van der Waals surface area contributed by atoms with Gasteiger partial charge in [-0.25, -0.2) is 0 Å². The van der Waals surface area contributed by atoms with Crippen LogP contribution < -0.4 is 5.73 Å². The summed E-state index contributed by atoms with van der Waals surface area (Å²) in [5.41, 5.74) is 6.29. The molecule has 1 aliphatic rings. The Morgan fingerprint density at radius 3 is 2.41 bits per heavy atom. The monoisotopic (exact) mass is 240 g/mol. The summed E-state index contributed by atoms with van der Waals surface area (Å²) >= 11 is 0. The molecule has 0 aromatic rings. The molecule has 0 spiro atoms. The predicted molar refractivity (Wildman–Crippen MR) is 76.0 cm³/mol. The molecular weight excluding hydrogens is 208 g/mol. The van der Waals surface area contributed by atoms with Gasteiger partial charge < -0.3 is 10.6 Å². The van der Waals surface area contributed by atoms with Gasteiger partial charge >= 0.3 is 0 Å². The fourth-order valence-electron chi connectivity index (χ4n) is 3.01. The van der Waals surface area contributed by atoms with Gasteiger partial charge in [0, 0.05) is 18.6 Å². The van der Waals surface area contributed by atoms with Crippen LogP contribution >= 0.6 is 0 Å². The highest BCUT2D eigenvalue weighted by atomic mass is 15.1. The van der Waals surface area contributed by atoms with Crippen LogP contribution in [0.3, 0.4) is 0 Å². The maximum absolute atomic E-state index is 6.29. The molecule has 0 aromatic carbocycles. The first-order valence-corrected chi connectivity index (χ1v) is 7.41. The summed E-state index contributed by atoms with van der Waals surface area (Å²) in [5, 5.41) is 0. The van der Waals surface area contributed by atoms with E-state index in [-0.39, 0.29) is 0 Å². The van der Waals surface area contributed by atoms with Gasteiger partial charge in [0.15, 0.2) is 0 Å². The molecule has 102 valence electrons. The predicted octanol–water partition coefficient (Wildman–Crippen LogP) is 3.12. The molecule has 0 radical (unpaired) electrons. The second-order valence-corrected chi connectivity index (χ2v) is 6.44. The second kappa shape index (κ2) is 6.75. The molecule has 17 heavy (non-hydrogen) atoms. The average molecular weight is 240 g/mol. The van der Waals surface area contributed by atoms with Crippen LogP contribution in [0.5, 0.6) is 0 Å². The molecule has 0 amide bonds. The summed E-state index contributed by atoms with van der Waals surface area (Å²) in [6.07, 6.45) is 5.24. The SMILES string of the molecule is CCC1CCC(N)C(CN(C)C(C)C(C)C)C1. The number of hydrogen-bond donors (Lipinski definition) is 1. The lowest BCUT2D eigenvalue weighted by atomic mass is 9.77. The first kappa shape index (κ1) is 15.0. The molecule has 2 heteroatoms. The van der Waals surface area contributed by atoms with Crippen molar-refractivity contribution in [3.63, 3.8) is 0 Å². The number of nitrogens with zero attached hydrogens (tertiary/aromatic N) is 1. The van der Waals surface area contributed by atoms with Crippen LogP contribution in [0.25, 0.3) is 0 Å². The summed E-state index contributed by atoms with van der Waals surface area (Å²) in [6, 6.07) is 1.09. The molecule has 4 atom stereocenters. The molecule has 0 aliphatic heterocycles. The van der Waals surface area contributed by atoms with Crippen molar-refractivity contribution in [1.82, 2.24) is 4.90 Å². The maximum atomic E-state index is 6.29. The van der Waals surface area contributed by atoms with Crippen molar-refractivity contribution in [2.24, 2.45) is 23.5 Å². The summed E-state index contributed by atoms with van der Waals surface area (Å²) < 4.78 is 0. The summed E-state index contributed by atoms with van der Waals surface area (Å²) in [6.45, 7) is 10.4. The Bertz CT molecular complexity index is 215. The van der Waals surface area contributed by atoms with E-state index in [0.717, 1.165) is 11.8 Å². The number of nitrogens with two attached hydrogens (primary N) is 1.